The van der Waals surface area contributed by atoms with Crippen molar-refractivity contribution in [2.75, 3.05) is 19.7 Å². The van der Waals surface area contributed by atoms with Crippen LogP contribution in [0.1, 0.15) is 45.3 Å². The van der Waals surface area contributed by atoms with Crippen molar-refractivity contribution in [2.24, 2.45) is 5.92 Å². The highest BCUT2D eigenvalue weighted by atomic mass is 16.5. The molecular formula is C17H26N2O2. The zero-order valence-corrected chi connectivity index (χ0v) is 13.3. The predicted molar refractivity (Wildman–Crippen MR) is 84.1 cm³/mol. The van der Waals surface area contributed by atoms with Crippen molar-refractivity contribution in [2.45, 2.75) is 39.8 Å². The topological polar surface area (TPSA) is 41.6 Å². The highest BCUT2D eigenvalue weighted by Gasteiger charge is 2.31. The monoisotopic (exact) mass is 290 g/mol. The first kappa shape index (κ1) is 15.8. The van der Waals surface area contributed by atoms with Crippen LogP contribution in [0.3, 0.4) is 0 Å². The number of hydrogen-bond donors (Lipinski definition) is 1. The van der Waals surface area contributed by atoms with Crippen molar-refractivity contribution in [3.63, 3.8) is 0 Å². The Morgan fingerprint density at radius 2 is 2.05 bits per heavy atom. The number of ether oxygens (including phenoxy) is 1. The number of benzene rings is 1. The fourth-order valence-electron chi connectivity index (χ4n) is 2.45. The van der Waals surface area contributed by atoms with Crippen LogP contribution in [0.15, 0.2) is 24.3 Å². The van der Waals surface area contributed by atoms with Gasteiger partial charge in [0.2, 0.25) is 5.91 Å². The zero-order valence-electron chi connectivity index (χ0n) is 13.3. The molecule has 2 rings (SSSR count). The number of carbonyl (C=O) groups excluding carboxylic acids is 1. The molecule has 0 spiro atoms. The van der Waals surface area contributed by atoms with Gasteiger partial charge in [-0.05, 0) is 36.5 Å². The molecule has 1 amide bonds. The summed E-state index contributed by atoms with van der Waals surface area (Å²) in [7, 11) is 0. The molecule has 0 aromatic heterocycles. The van der Waals surface area contributed by atoms with Crippen LogP contribution in [-0.2, 0) is 4.79 Å². The molecule has 1 unspecified atom stereocenters. The molecule has 0 bridgehead atoms. The Kier molecular flexibility index (Phi) is 5.62. The largest absolute Gasteiger partial charge is 0.494 e. The molecule has 1 aliphatic rings. The van der Waals surface area contributed by atoms with Gasteiger partial charge in [0.25, 0.3) is 0 Å². The Morgan fingerprint density at radius 3 is 2.67 bits per heavy atom. The molecule has 1 aromatic carbocycles. The molecular weight excluding hydrogens is 264 g/mol. The zero-order chi connectivity index (χ0) is 15.2. The van der Waals surface area contributed by atoms with Crippen LogP contribution < -0.4 is 10.1 Å². The SMILES string of the molecule is CCCOc1ccc(C2NCC(=O)N2CCC(C)C)cc1. The van der Waals surface area contributed by atoms with Crippen LogP contribution in [0.5, 0.6) is 5.75 Å². The first-order chi connectivity index (χ1) is 10.1. The maximum absolute atomic E-state index is 12.0. The highest BCUT2D eigenvalue weighted by Crippen LogP contribution is 2.25. The molecule has 116 valence electrons. The van der Waals surface area contributed by atoms with Gasteiger partial charge in [0, 0.05) is 6.54 Å². The minimum absolute atomic E-state index is 0.00326. The van der Waals surface area contributed by atoms with Crippen LogP contribution in [-0.4, -0.2) is 30.5 Å². The third-order valence-corrected chi connectivity index (χ3v) is 3.69. The van der Waals surface area contributed by atoms with Gasteiger partial charge in [-0.2, -0.15) is 0 Å². The number of rotatable bonds is 7. The average Bonchev–Trinajstić information content (AvgIpc) is 2.84. The smallest absolute Gasteiger partial charge is 0.238 e. The van der Waals surface area contributed by atoms with E-state index in [2.05, 4.69) is 26.1 Å². The Morgan fingerprint density at radius 1 is 1.33 bits per heavy atom. The van der Waals surface area contributed by atoms with Crippen molar-refractivity contribution in [1.29, 1.82) is 0 Å². The van der Waals surface area contributed by atoms with Crippen LogP contribution in [0.4, 0.5) is 0 Å². The molecule has 0 saturated carbocycles. The van der Waals surface area contributed by atoms with Gasteiger partial charge in [-0.3, -0.25) is 10.1 Å². The summed E-state index contributed by atoms with van der Waals surface area (Å²) in [5, 5.41) is 3.29. The van der Waals surface area contributed by atoms with Crippen molar-refractivity contribution in [3.05, 3.63) is 29.8 Å². The molecule has 21 heavy (non-hydrogen) atoms. The van der Waals surface area contributed by atoms with E-state index in [-0.39, 0.29) is 12.1 Å². The second kappa shape index (κ2) is 7.46. The van der Waals surface area contributed by atoms with E-state index in [1.807, 2.05) is 29.2 Å². The molecule has 0 radical (unpaired) electrons. The lowest BCUT2D eigenvalue weighted by atomic mass is 10.1. The molecule has 1 fully saturated rings. The van der Waals surface area contributed by atoms with Gasteiger partial charge < -0.3 is 9.64 Å². The van der Waals surface area contributed by atoms with Crippen molar-refractivity contribution >= 4 is 5.91 Å². The Labute approximate surface area is 127 Å². The van der Waals surface area contributed by atoms with Gasteiger partial charge >= 0.3 is 0 Å². The normalized spacial score (nSPS) is 18.6. The van der Waals surface area contributed by atoms with Gasteiger partial charge in [-0.1, -0.05) is 32.9 Å². The van der Waals surface area contributed by atoms with Crippen LogP contribution in [0.25, 0.3) is 0 Å². The summed E-state index contributed by atoms with van der Waals surface area (Å²) in [6.07, 6.45) is 2.03. The Balaban J connectivity index is 2.03. The maximum atomic E-state index is 12.0. The van der Waals surface area contributed by atoms with Crippen molar-refractivity contribution in [3.8, 4) is 5.75 Å². The molecule has 1 N–H and O–H groups in total. The molecule has 4 heteroatoms. The van der Waals surface area contributed by atoms with E-state index < -0.39 is 0 Å². The quantitative estimate of drug-likeness (QED) is 0.839. The number of hydrogen-bond acceptors (Lipinski definition) is 3. The molecule has 1 atom stereocenters. The number of nitrogens with one attached hydrogen (secondary N) is 1. The molecule has 1 saturated heterocycles. The minimum Gasteiger partial charge on any atom is -0.494 e. The summed E-state index contributed by atoms with van der Waals surface area (Å²) in [5.74, 6) is 1.68. The van der Waals surface area contributed by atoms with Gasteiger partial charge in [0.05, 0.1) is 13.2 Å². The lowest BCUT2D eigenvalue weighted by Gasteiger charge is -2.25. The molecule has 1 aliphatic heterocycles. The summed E-state index contributed by atoms with van der Waals surface area (Å²) in [6, 6.07) is 8.06. The van der Waals surface area contributed by atoms with Crippen LogP contribution >= 0.6 is 0 Å². The lowest BCUT2D eigenvalue weighted by Crippen LogP contribution is -2.31. The standard InChI is InChI=1S/C17H26N2O2/c1-4-11-21-15-7-5-14(6-8-15)17-18-12-16(20)19(17)10-9-13(2)3/h5-8,13,17-18H,4,9-12H2,1-3H3. The summed E-state index contributed by atoms with van der Waals surface area (Å²) in [5.41, 5.74) is 1.12. The second-order valence-corrected chi connectivity index (χ2v) is 5.97. The third kappa shape index (κ3) is 4.21. The Hall–Kier alpha value is -1.55. The number of carbonyl (C=O) groups is 1. The molecule has 1 aromatic rings. The lowest BCUT2D eigenvalue weighted by molar-refractivity contribution is -0.128. The first-order valence-corrected chi connectivity index (χ1v) is 7.87. The first-order valence-electron chi connectivity index (χ1n) is 7.87. The van der Waals surface area contributed by atoms with E-state index in [1.165, 1.54) is 0 Å². The van der Waals surface area contributed by atoms with Crippen molar-refractivity contribution in [1.82, 2.24) is 10.2 Å². The number of nitrogens with zero attached hydrogens (tertiary/aromatic N) is 1. The van der Waals surface area contributed by atoms with Gasteiger partial charge in [0.15, 0.2) is 0 Å². The fraction of sp³-hybridized carbons (Fsp3) is 0.588. The summed E-state index contributed by atoms with van der Waals surface area (Å²) < 4.78 is 5.60. The van der Waals surface area contributed by atoms with E-state index in [4.69, 9.17) is 4.74 Å². The van der Waals surface area contributed by atoms with E-state index in [0.717, 1.165) is 37.3 Å². The van der Waals surface area contributed by atoms with Crippen LogP contribution in [0, 0.1) is 5.92 Å². The second-order valence-electron chi connectivity index (χ2n) is 5.97. The van der Waals surface area contributed by atoms with E-state index in [1.54, 1.807) is 0 Å². The fourth-order valence-corrected chi connectivity index (χ4v) is 2.45. The van der Waals surface area contributed by atoms with Gasteiger partial charge in [-0.25, -0.2) is 0 Å². The van der Waals surface area contributed by atoms with Crippen molar-refractivity contribution < 1.29 is 9.53 Å². The molecule has 0 aliphatic carbocycles. The summed E-state index contributed by atoms with van der Waals surface area (Å²) in [6.45, 7) is 8.43. The summed E-state index contributed by atoms with van der Waals surface area (Å²) >= 11 is 0. The Bertz CT molecular complexity index is 456. The van der Waals surface area contributed by atoms with E-state index >= 15 is 0 Å². The molecule has 1 heterocycles. The van der Waals surface area contributed by atoms with E-state index in [9.17, 15) is 4.79 Å². The minimum atomic E-state index is -0.00326. The van der Waals surface area contributed by atoms with Gasteiger partial charge in [-0.15, -0.1) is 0 Å². The van der Waals surface area contributed by atoms with Crippen LogP contribution in [0.2, 0.25) is 0 Å². The average molecular weight is 290 g/mol. The highest BCUT2D eigenvalue weighted by molar-refractivity contribution is 5.80. The predicted octanol–water partition coefficient (Wildman–Crippen LogP) is 2.95. The van der Waals surface area contributed by atoms with E-state index in [0.29, 0.717) is 12.5 Å². The number of amides is 1. The molecule has 4 nitrogen and oxygen atoms in total. The maximum Gasteiger partial charge on any atom is 0.238 e. The summed E-state index contributed by atoms with van der Waals surface area (Å²) in [4.78, 5) is 14.0. The van der Waals surface area contributed by atoms with Gasteiger partial charge in [0.1, 0.15) is 11.9 Å². The third-order valence-electron chi connectivity index (χ3n) is 3.69.